The minimum absolute atomic E-state index is 0.100. The zero-order valence-corrected chi connectivity index (χ0v) is 9.47. The molecule has 0 radical (unpaired) electrons. The average Bonchev–Trinajstić information content (AvgIpc) is 2.58. The van der Waals surface area contributed by atoms with E-state index in [1.54, 1.807) is 0 Å². The maximum atomic E-state index is 14.2. The highest BCUT2D eigenvalue weighted by atomic mass is 19.1. The Labute approximate surface area is 92.1 Å². The Morgan fingerprint density at radius 2 is 2.13 bits per heavy atom. The molecule has 1 fully saturated rings. The molecule has 2 atom stereocenters. The van der Waals surface area contributed by atoms with Crippen LogP contribution in [0.5, 0.6) is 0 Å². The van der Waals surface area contributed by atoms with Gasteiger partial charge in [-0.2, -0.15) is 0 Å². The second-order valence-electron chi connectivity index (χ2n) is 4.84. The lowest BCUT2D eigenvalue weighted by atomic mass is 9.93. The zero-order valence-electron chi connectivity index (χ0n) is 9.47. The molecular weight excluding hydrogens is 189 g/mol. The van der Waals surface area contributed by atoms with Gasteiger partial charge in [-0.1, -0.05) is 18.9 Å². The lowest BCUT2D eigenvalue weighted by molar-refractivity contribution is 0.245. The molecule has 2 heteroatoms. The highest BCUT2D eigenvalue weighted by Gasteiger charge is 2.25. The number of hydrogen-bond donors (Lipinski definition) is 1. The van der Waals surface area contributed by atoms with Gasteiger partial charge in [0.1, 0.15) is 6.17 Å². The minimum atomic E-state index is -0.719. The fourth-order valence-electron chi connectivity index (χ4n) is 2.68. The van der Waals surface area contributed by atoms with Gasteiger partial charge in [-0.25, -0.2) is 4.39 Å². The smallest absolute Gasteiger partial charge is 0.136 e. The van der Waals surface area contributed by atoms with Crippen LogP contribution >= 0.6 is 0 Å². The van der Waals surface area contributed by atoms with Crippen LogP contribution in [0.1, 0.15) is 51.4 Å². The molecule has 2 aliphatic rings. The summed E-state index contributed by atoms with van der Waals surface area (Å²) in [6, 6.07) is 0.100. The van der Waals surface area contributed by atoms with Crippen LogP contribution in [0, 0.1) is 0 Å². The first-order valence-corrected chi connectivity index (χ1v) is 6.44. The number of halogens is 1. The molecule has 0 spiro atoms. The minimum Gasteiger partial charge on any atom is -0.311 e. The van der Waals surface area contributed by atoms with Gasteiger partial charge in [0.05, 0.1) is 0 Å². The Morgan fingerprint density at radius 3 is 2.93 bits per heavy atom. The molecule has 0 amide bonds. The molecule has 1 aliphatic heterocycles. The summed E-state index contributed by atoms with van der Waals surface area (Å²) in [6.07, 6.45) is 10.6. The van der Waals surface area contributed by atoms with Crippen molar-refractivity contribution in [3.63, 3.8) is 0 Å². The molecule has 1 aliphatic carbocycles. The summed E-state index contributed by atoms with van der Waals surface area (Å²) in [5.74, 6) is 0. The number of piperidine rings is 1. The van der Waals surface area contributed by atoms with E-state index in [0.717, 1.165) is 31.4 Å². The van der Waals surface area contributed by atoms with Gasteiger partial charge in [0, 0.05) is 6.04 Å². The average molecular weight is 211 g/mol. The van der Waals surface area contributed by atoms with Gasteiger partial charge in [0.25, 0.3) is 0 Å². The molecular formula is C13H22FN. The molecule has 1 N–H and O–H groups in total. The van der Waals surface area contributed by atoms with Crippen LogP contribution in [0.3, 0.4) is 0 Å². The van der Waals surface area contributed by atoms with Crippen LogP contribution in [-0.4, -0.2) is 18.8 Å². The third-order valence-electron chi connectivity index (χ3n) is 3.63. The normalized spacial score (nSPS) is 30.5. The SMILES string of the molecule is FC(C1=CCCCCC1)C1CCCCN1. The number of rotatable bonds is 2. The van der Waals surface area contributed by atoms with Gasteiger partial charge in [0.2, 0.25) is 0 Å². The molecule has 1 nitrogen and oxygen atoms in total. The molecule has 2 unspecified atom stereocenters. The third-order valence-corrected chi connectivity index (χ3v) is 3.63. The van der Waals surface area contributed by atoms with E-state index in [9.17, 15) is 4.39 Å². The second kappa shape index (κ2) is 5.64. The Bertz CT molecular complexity index is 219. The lowest BCUT2D eigenvalue weighted by Crippen LogP contribution is -2.41. The fourth-order valence-corrected chi connectivity index (χ4v) is 2.68. The molecule has 0 aromatic rings. The van der Waals surface area contributed by atoms with Gasteiger partial charge >= 0.3 is 0 Å². The molecule has 15 heavy (non-hydrogen) atoms. The van der Waals surface area contributed by atoms with E-state index in [1.807, 2.05) is 0 Å². The van der Waals surface area contributed by atoms with Crippen molar-refractivity contribution in [2.24, 2.45) is 0 Å². The first-order chi connectivity index (χ1) is 7.38. The predicted molar refractivity (Wildman–Crippen MR) is 61.7 cm³/mol. The van der Waals surface area contributed by atoms with Crippen LogP contribution in [0.4, 0.5) is 4.39 Å². The summed E-state index contributed by atoms with van der Waals surface area (Å²) in [5, 5.41) is 3.32. The van der Waals surface area contributed by atoms with Gasteiger partial charge in [0.15, 0.2) is 0 Å². The Morgan fingerprint density at radius 1 is 1.20 bits per heavy atom. The first-order valence-electron chi connectivity index (χ1n) is 6.44. The molecule has 1 heterocycles. The molecule has 2 rings (SSSR count). The second-order valence-corrected chi connectivity index (χ2v) is 4.84. The van der Waals surface area contributed by atoms with E-state index in [-0.39, 0.29) is 6.04 Å². The van der Waals surface area contributed by atoms with E-state index < -0.39 is 6.17 Å². The summed E-state index contributed by atoms with van der Waals surface area (Å²) in [4.78, 5) is 0. The largest absolute Gasteiger partial charge is 0.311 e. The van der Waals surface area contributed by atoms with Crippen molar-refractivity contribution in [2.75, 3.05) is 6.54 Å². The van der Waals surface area contributed by atoms with Crippen molar-refractivity contribution in [3.05, 3.63) is 11.6 Å². The number of allylic oxidation sites excluding steroid dienone is 1. The summed E-state index contributed by atoms with van der Waals surface area (Å²) in [7, 11) is 0. The fraction of sp³-hybridized carbons (Fsp3) is 0.846. The van der Waals surface area contributed by atoms with Crippen molar-refractivity contribution in [3.8, 4) is 0 Å². The monoisotopic (exact) mass is 211 g/mol. The van der Waals surface area contributed by atoms with E-state index in [2.05, 4.69) is 11.4 Å². The van der Waals surface area contributed by atoms with Gasteiger partial charge in [-0.3, -0.25) is 0 Å². The van der Waals surface area contributed by atoms with Gasteiger partial charge in [-0.15, -0.1) is 0 Å². The molecule has 0 bridgehead atoms. The summed E-state index contributed by atoms with van der Waals surface area (Å²) >= 11 is 0. The maximum absolute atomic E-state index is 14.2. The van der Waals surface area contributed by atoms with Crippen LogP contribution in [0.15, 0.2) is 11.6 Å². The quantitative estimate of drug-likeness (QED) is 0.691. The Hall–Kier alpha value is -0.370. The molecule has 0 saturated carbocycles. The van der Waals surface area contributed by atoms with E-state index in [4.69, 9.17) is 0 Å². The van der Waals surface area contributed by atoms with Crippen LogP contribution in [0.25, 0.3) is 0 Å². The van der Waals surface area contributed by atoms with Crippen molar-refractivity contribution >= 4 is 0 Å². The predicted octanol–water partition coefficient (Wildman–Crippen LogP) is 3.36. The Balaban J connectivity index is 1.92. The summed E-state index contributed by atoms with van der Waals surface area (Å²) in [6.45, 7) is 0.998. The van der Waals surface area contributed by atoms with Crippen molar-refractivity contribution < 1.29 is 4.39 Å². The summed E-state index contributed by atoms with van der Waals surface area (Å²) < 4.78 is 14.2. The lowest BCUT2D eigenvalue weighted by Gasteiger charge is -2.28. The highest BCUT2D eigenvalue weighted by molar-refractivity contribution is 5.13. The Kier molecular flexibility index (Phi) is 4.18. The van der Waals surface area contributed by atoms with Gasteiger partial charge < -0.3 is 5.32 Å². The first kappa shape index (κ1) is 11.1. The van der Waals surface area contributed by atoms with E-state index in [1.165, 1.54) is 32.1 Å². The molecule has 0 aromatic carbocycles. The van der Waals surface area contributed by atoms with Crippen LogP contribution in [0.2, 0.25) is 0 Å². The van der Waals surface area contributed by atoms with E-state index in [0.29, 0.717) is 0 Å². The summed E-state index contributed by atoms with van der Waals surface area (Å²) in [5.41, 5.74) is 1.08. The van der Waals surface area contributed by atoms with Crippen molar-refractivity contribution in [1.29, 1.82) is 0 Å². The highest BCUT2D eigenvalue weighted by Crippen LogP contribution is 2.26. The number of alkyl halides is 1. The standard InChI is InChI=1S/C13H22FN/c14-13(12-9-5-6-10-15-12)11-7-3-1-2-4-8-11/h7,12-13,15H,1-6,8-10H2. The van der Waals surface area contributed by atoms with Crippen LogP contribution in [-0.2, 0) is 0 Å². The molecule has 86 valence electrons. The number of nitrogens with one attached hydrogen (secondary N) is 1. The third kappa shape index (κ3) is 3.04. The van der Waals surface area contributed by atoms with E-state index >= 15 is 0 Å². The topological polar surface area (TPSA) is 12.0 Å². The maximum Gasteiger partial charge on any atom is 0.136 e. The van der Waals surface area contributed by atoms with Crippen LogP contribution < -0.4 is 5.32 Å². The number of hydrogen-bond acceptors (Lipinski definition) is 1. The molecule has 1 saturated heterocycles. The van der Waals surface area contributed by atoms with Gasteiger partial charge in [-0.05, 0) is 50.6 Å². The van der Waals surface area contributed by atoms with Crippen molar-refractivity contribution in [2.45, 2.75) is 63.6 Å². The zero-order chi connectivity index (χ0) is 10.5. The molecule has 0 aromatic heterocycles. The van der Waals surface area contributed by atoms with Crippen molar-refractivity contribution in [1.82, 2.24) is 5.32 Å².